The van der Waals surface area contributed by atoms with Crippen LogP contribution in [0.3, 0.4) is 0 Å². The molecule has 0 spiro atoms. The zero-order valence-electron chi connectivity index (χ0n) is 13.4. The molecule has 0 atom stereocenters. The van der Waals surface area contributed by atoms with Gasteiger partial charge in [0.25, 0.3) is 0 Å². The summed E-state index contributed by atoms with van der Waals surface area (Å²) in [5.41, 5.74) is 1.72. The molecule has 1 N–H and O–H groups in total. The van der Waals surface area contributed by atoms with Gasteiger partial charge in [-0.3, -0.25) is 0 Å². The Balaban J connectivity index is 1.93. The van der Waals surface area contributed by atoms with E-state index in [9.17, 15) is 5.11 Å². The molecule has 0 bridgehead atoms. The number of aromatic hydroxyl groups is 1. The van der Waals surface area contributed by atoms with E-state index in [4.69, 9.17) is 0 Å². The third-order valence-corrected chi connectivity index (χ3v) is 6.17. The fourth-order valence-electron chi connectivity index (χ4n) is 2.17. The van der Waals surface area contributed by atoms with E-state index in [0.717, 1.165) is 22.1 Å². The van der Waals surface area contributed by atoms with Gasteiger partial charge in [-0.1, -0.05) is 0 Å². The van der Waals surface area contributed by atoms with Crippen molar-refractivity contribution in [3.63, 3.8) is 0 Å². The molecule has 3 heteroatoms. The summed E-state index contributed by atoms with van der Waals surface area (Å²) in [7, 11) is 0. The zero-order chi connectivity index (χ0) is 16.0. The normalized spacial score (nSPS) is 12.0. The van der Waals surface area contributed by atoms with Crippen LogP contribution >= 0.6 is 0 Å². The summed E-state index contributed by atoms with van der Waals surface area (Å²) < 4.78 is 2.62. The quantitative estimate of drug-likeness (QED) is 0.458. The summed E-state index contributed by atoms with van der Waals surface area (Å²) in [6, 6.07) is 16.5. The number of nitrogens with zero attached hydrogens (tertiary/aromatic N) is 1. The second-order valence-electron chi connectivity index (χ2n) is 6.19. The van der Waals surface area contributed by atoms with Gasteiger partial charge < -0.3 is 0 Å². The topological polar surface area (TPSA) is 32.6 Å². The fourth-order valence-corrected chi connectivity index (χ4v) is 4.40. The summed E-state index contributed by atoms with van der Waals surface area (Å²) in [4.78, 5) is 4.49. The van der Waals surface area contributed by atoms with Gasteiger partial charge in [0.05, 0.1) is 0 Å². The van der Waals surface area contributed by atoms with Crippen molar-refractivity contribution in [1.82, 2.24) is 0 Å². The molecular weight excluding hydrogens is 386 g/mol. The monoisotopic (exact) mass is 411 g/mol. The van der Waals surface area contributed by atoms with Crippen LogP contribution in [0.15, 0.2) is 53.5 Å². The Hall–Kier alpha value is -1.30. The molecule has 2 aromatic carbocycles. The Morgan fingerprint density at radius 2 is 1.77 bits per heavy atom. The van der Waals surface area contributed by atoms with E-state index >= 15 is 0 Å². The van der Waals surface area contributed by atoms with Gasteiger partial charge in [0.1, 0.15) is 0 Å². The van der Waals surface area contributed by atoms with E-state index in [2.05, 4.69) is 56.1 Å². The molecular formula is C19H23NOTe. The standard InChI is InChI=1S/C19H23NOTe/c1-19(2,3)17-11-7-8-15(18(17)21)14-20-12-13-22-16-9-5-4-6-10-16/h4-11,14,21H,12-13H2,1-3H3. The third-order valence-electron chi connectivity index (χ3n) is 3.34. The second-order valence-corrected chi connectivity index (χ2v) is 9.52. The van der Waals surface area contributed by atoms with Gasteiger partial charge in [-0.2, -0.15) is 0 Å². The summed E-state index contributed by atoms with van der Waals surface area (Å²) in [6.07, 6.45) is 1.81. The van der Waals surface area contributed by atoms with Crippen molar-refractivity contribution in [3.8, 4) is 5.75 Å². The van der Waals surface area contributed by atoms with E-state index < -0.39 is 0 Å². The first-order valence-corrected chi connectivity index (χ1v) is 10.3. The first-order valence-electron chi connectivity index (χ1n) is 7.48. The molecule has 2 aromatic rings. The number of para-hydroxylation sites is 1. The van der Waals surface area contributed by atoms with Gasteiger partial charge in [0, 0.05) is 0 Å². The van der Waals surface area contributed by atoms with Gasteiger partial charge in [-0.15, -0.1) is 0 Å². The van der Waals surface area contributed by atoms with Crippen LogP contribution in [-0.2, 0) is 5.41 Å². The molecule has 0 aliphatic heterocycles. The third kappa shape index (κ3) is 4.87. The van der Waals surface area contributed by atoms with Crippen LogP contribution in [0.25, 0.3) is 0 Å². The van der Waals surface area contributed by atoms with E-state index in [0.29, 0.717) is 5.75 Å². The summed E-state index contributed by atoms with van der Waals surface area (Å²) >= 11 is -0.147. The van der Waals surface area contributed by atoms with E-state index in [1.54, 1.807) is 0 Å². The van der Waals surface area contributed by atoms with Gasteiger partial charge in [-0.25, -0.2) is 0 Å². The minimum absolute atomic E-state index is 0.0618. The van der Waals surface area contributed by atoms with Crippen molar-refractivity contribution < 1.29 is 5.11 Å². The molecule has 0 amide bonds. The molecule has 22 heavy (non-hydrogen) atoms. The molecule has 116 valence electrons. The van der Waals surface area contributed by atoms with Gasteiger partial charge in [0.15, 0.2) is 0 Å². The summed E-state index contributed by atoms with van der Waals surface area (Å²) in [5, 5.41) is 10.4. The maximum atomic E-state index is 10.4. The van der Waals surface area contributed by atoms with Gasteiger partial charge in [-0.05, 0) is 0 Å². The van der Waals surface area contributed by atoms with Crippen LogP contribution in [0.1, 0.15) is 31.9 Å². The summed E-state index contributed by atoms with van der Waals surface area (Å²) in [5.74, 6) is 0.360. The first-order chi connectivity index (χ1) is 10.5. The van der Waals surface area contributed by atoms with Crippen LogP contribution in [-0.4, -0.2) is 38.8 Å². The Bertz CT molecular complexity index is 630. The van der Waals surface area contributed by atoms with Gasteiger partial charge >= 0.3 is 143 Å². The van der Waals surface area contributed by atoms with Crippen LogP contribution in [0.4, 0.5) is 0 Å². The first kappa shape index (κ1) is 17.1. The van der Waals surface area contributed by atoms with Crippen molar-refractivity contribution in [1.29, 1.82) is 0 Å². The van der Waals surface area contributed by atoms with E-state index in [1.165, 1.54) is 3.61 Å². The molecule has 0 saturated carbocycles. The SMILES string of the molecule is CC(C)(C)c1cccc(C=NCC[Te]c2ccccc2)c1O. The molecule has 2 rings (SSSR count). The number of aliphatic imine (C=N–C) groups is 1. The average molecular weight is 409 g/mol. The molecule has 0 radical (unpaired) electrons. The van der Waals surface area contributed by atoms with Crippen molar-refractivity contribution in [2.45, 2.75) is 30.7 Å². The van der Waals surface area contributed by atoms with E-state index in [1.807, 2.05) is 24.4 Å². The number of phenols is 1. The molecule has 0 heterocycles. The van der Waals surface area contributed by atoms with Crippen molar-refractivity contribution in [2.75, 3.05) is 6.54 Å². The minimum atomic E-state index is -0.147. The summed E-state index contributed by atoms with van der Waals surface area (Å²) in [6.45, 7) is 7.15. The molecule has 0 aromatic heterocycles. The second kappa shape index (κ2) is 7.81. The molecule has 0 aliphatic carbocycles. The van der Waals surface area contributed by atoms with Crippen LogP contribution in [0, 0.1) is 0 Å². The predicted molar refractivity (Wildman–Crippen MR) is 95.9 cm³/mol. The Kier molecular flexibility index (Phi) is 6.06. The molecule has 0 fully saturated rings. The molecule has 0 unspecified atom stereocenters. The van der Waals surface area contributed by atoms with Crippen molar-refractivity contribution in [3.05, 3.63) is 59.7 Å². The number of hydrogen-bond donors (Lipinski definition) is 1. The van der Waals surface area contributed by atoms with Crippen LogP contribution in [0.2, 0.25) is 4.47 Å². The maximum absolute atomic E-state index is 10.4. The Morgan fingerprint density at radius 3 is 2.45 bits per heavy atom. The number of rotatable bonds is 5. The Morgan fingerprint density at radius 1 is 1.05 bits per heavy atom. The van der Waals surface area contributed by atoms with E-state index in [-0.39, 0.29) is 26.3 Å². The number of hydrogen-bond acceptors (Lipinski definition) is 2. The fraction of sp³-hybridized carbons (Fsp3) is 0.316. The van der Waals surface area contributed by atoms with Crippen molar-refractivity contribution in [2.24, 2.45) is 4.99 Å². The Labute approximate surface area is 143 Å². The number of phenolic OH excluding ortho intramolecular Hbond substituents is 1. The van der Waals surface area contributed by atoms with Crippen LogP contribution in [0.5, 0.6) is 5.75 Å². The zero-order valence-corrected chi connectivity index (χ0v) is 15.7. The number of benzene rings is 2. The molecule has 0 saturated heterocycles. The average Bonchev–Trinajstić information content (AvgIpc) is 2.48. The van der Waals surface area contributed by atoms with Crippen molar-refractivity contribution >= 4 is 30.7 Å². The predicted octanol–water partition coefficient (Wildman–Crippen LogP) is 3.56. The van der Waals surface area contributed by atoms with Crippen LogP contribution < -0.4 is 3.61 Å². The molecule has 0 aliphatic rings. The molecule has 2 nitrogen and oxygen atoms in total. The van der Waals surface area contributed by atoms with Gasteiger partial charge in [0.2, 0.25) is 0 Å².